The molecule has 8 nitrogen and oxygen atoms in total. The van der Waals surface area contributed by atoms with Gasteiger partial charge in [-0.3, -0.25) is 13.9 Å². The standard InChI is InChI=1S/C26H37N3O5S/c1-7-19(3)27-26(31)20(4)28(17-22-10-9-11-24(16-22)34-5)25(30)18-29(35(6,32)33)23-14-12-21(8-2)13-15-23/h9-16,19-20H,7-8,17-18H2,1-6H3,(H,27,31)/t19-,20+/m1/s1. The maximum absolute atomic E-state index is 13.6. The third-order valence-corrected chi connectivity index (χ3v) is 7.11. The van der Waals surface area contributed by atoms with Crippen LogP contribution in [0.25, 0.3) is 0 Å². The number of sulfonamides is 1. The molecule has 2 rings (SSSR count). The highest BCUT2D eigenvalue weighted by Crippen LogP contribution is 2.21. The Kier molecular flexibility index (Phi) is 10.1. The average molecular weight is 504 g/mol. The van der Waals surface area contributed by atoms with E-state index in [2.05, 4.69) is 5.32 Å². The molecule has 35 heavy (non-hydrogen) atoms. The Morgan fingerprint density at radius 3 is 2.23 bits per heavy atom. The van der Waals surface area contributed by atoms with E-state index in [0.29, 0.717) is 11.4 Å². The summed E-state index contributed by atoms with van der Waals surface area (Å²) in [5, 5.41) is 2.91. The number of amides is 2. The summed E-state index contributed by atoms with van der Waals surface area (Å²) >= 11 is 0. The number of methoxy groups -OCH3 is 1. The number of anilines is 1. The predicted molar refractivity (Wildman–Crippen MR) is 139 cm³/mol. The molecule has 0 spiro atoms. The van der Waals surface area contributed by atoms with Crippen LogP contribution in [0.5, 0.6) is 5.75 Å². The van der Waals surface area contributed by atoms with E-state index in [9.17, 15) is 18.0 Å². The van der Waals surface area contributed by atoms with Gasteiger partial charge in [0.25, 0.3) is 0 Å². The maximum Gasteiger partial charge on any atom is 0.244 e. The zero-order chi connectivity index (χ0) is 26.2. The van der Waals surface area contributed by atoms with Gasteiger partial charge in [0.2, 0.25) is 21.8 Å². The van der Waals surface area contributed by atoms with E-state index < -0.39 is 28.5 Å². The number of nitrogens with zero attached hydrogens (tertiary/aromatic N) is 2. The van der Waals surface area contributed by atoms with Gasteiger partial charge in [-0.05, 0) is 62.1 Å². The summed E-state index contributed by atoms with van der Waals surface area (Å²) in [5.74, 6) is -0.154. The van der Waals surface area contributed by atoms with E-state index in [4.69, 9.17) is 4.74 Å². The molecule has 0 aliphatic heterocycles. The molecule has 0 saturated carbocycles. The highest BCUT2D eigenvalue weighted by Gasteiger charge is 2.30. The summed E-state index contributed by atoms with van der Waals surface area (Å²) in [5.41, 5.74) is 2.22. The highest BCUT2D eigenvalue weighted by atomic mass is 32.2. The SMILES string of the molecule is CCc1ccc(N(CC(=O)N(Cc2cccc(OC)c2)[C@@H](C)C(=O)N[C@H](C)CC)S(C)(=O)=O)cc1. The van der Waals surface area contributed by atoms with Crippen molar-refractivity contribution >= 4 is 27.5 Å². The first-order valence-corrected chi connectivity index (χ1v) is 13.6. The lowest BCUT2D eigenvalue weighted by molar-refractivity contribution is -0.139. The van der Waals surface area contributed by atoms with Crippen molar-refractivity contribution in [2.45, 2.75) is 59.2 Å². The number of carbonyl (C=O) groups excluding carboxylic acids is 2. The molecule has 0 heterocycles. The molecule has 0 aliphatic rings. The molecule has 2 aromatic rings. The fourth-order valence-corrected chi connectivity index (χ4v) is 4.38. The lowest BCUT2D eigenvalue weighted by atomic mass is 10.1. The van der Waals surface area contributed by atoms with Gasteiger partial charge in [-0.1, -0.05) is 38.1 Å². The van der Waals surface area contributed by atoms with E-state index in [0.717, 1.165) is 34.5 Å². The fourth-order valence-electron chi connectivity index (χ4n) is 3.53. The van der Waals surface area contributed by atoms with Gasteiger partial charge in [-0.15, -0.1) is 0 Å². The Balaban J connectivity index is 2.39. The minimum absolute atomic E-state index is 0.0525. The van der Waals surface area contributed by atoms with Crippen molar-refractivity contribution in [3.63, 3.8) is 0 Å². The van der Waals surface area contributed by atoms with Crippen LogP contribution < -0.4 is 14.4 Å². The van der Waals surface area contributed by atoms with Crippen molar-refractivity contribution in [3.8, 4) is 5.75 Å². The highest BCUT2D eigenvalue weighted by molar-refractivity contribution is 7.92. The third kappa shape index (κ3) is 7.99. The molecule has 0 aliphatic carbocycles. The zero-order valence-electron chi connectivity index (χ0n) is 21.4. The van der Waals surface area contributed by atoms with Crippen LogP contribution in [0, 0.1) is 0 Å². The topological polar surface area (TPSA) is 96.0 Å². The number of nitrogens with one attached hydrogen (secondary N) is 1. The molecule has 2 atom stereocenters. The number of ether oxygens (including phenoxy) is 1. The summed E-state index contributed by atoms with van der Waals surface area (Å²) in [6, 6.07) is 13.4. The Labute approximate surface area is 209 Å². The van der Waals surface area contributed by atoms with E-state index in [1.54, 1.807) is 44.4 Å². The summed E-state index contributed by atoms with van der Waals surface area (Å²) < 4.78 is 31.6. The molecule has 0 saturated heterocycles. The van der Waals surface area contributed by atoms with Crippen LogP contribution in [0.2, 0.25) is 0 Å². The number of rotatable bonds is 12. The van der Waals surface area contributed by atoms with E-state index in [1.165, 1.54) is 4.90 Å². The Bertz CT molecular complexity index is 1100. The van der Waals surface area contributed by atoms with E-state index >= 15 is 0 Å². The van der Waals surface area contributed by atoms with Crippen LogP contribution >= 0.6 is 0 Å². The first-order chi connectivity index (χ1) is 16.5. The van der Waals surface area contributed by atoms with Crippen LogP contribution in [0.4, 0.5) is 5.69 Å². The molecule has 0 unspecified atom stereocenters. The summed E-state index contributed by atoms with van der Waals surface area (Å²) in [6.45, 7) is 7.21. The number of carbonyl (C=O) groups is 2. The number of benzene rings is 2. The second-order valence-electron chi connectivity index (χ2n) is 8.66. The van der Waals surface area contributed by atoms with Gasteiger partial charge >= 0.3 is 0 Å². The first kappa shape index (κ1) is 28.2. The minimum atomic E-state index is -3.75. The maximum atomic E-state index is 13.6. The molecule has 0 radical (unpaired) electrons. The Hall–Kier alpha value is -3.07. The van der Waals surface area contributed by atoms with Crippen LogP contribution in [-0.2, 0) is 32.6 Å². The number of aryl methyl sites for hydroxylation is 1. The van der Waals surface area contributed by atoms with Crippen molar-refractivity contribution < 1.29 is 22.7 Å². The van der Waals surface area contributed by atoms with Crippen molar-refractivity contribution in [1.29, 1.82) is 0 Å². The van der Waals surface area contributed by atoms with Gasteiger partial charge in [0.15, 0.2) is 0 Å². The summed E-state index contributed by atoms with van der Waals surface area (Å²) in [7, 11) is -2.20. The van der Waals surface area contributed by atoms with Gasteiger partial charge in [-0.2, -0.15) is 0 Å². The quantitative estimate of drug-likeness (QED) is 0.479. The Morgan fingerprint density at radius 1 is 1.03 bits per heavy atom. The minimum Gasteiger partial charge on any atom is -0.497 e. The van der Waals surface area contributed by atoms with Crippen LogP contribution in [0.15, 0.2) is 48.5 Å². The number of hydrogen-bond donors (Lipinski definition) is 1. The lowest BCUT2D eigenvalue weighted by Crippen LogP contribution is -2.52. The zero-order valence-corrected chi connectivity index (χ0v) is 22.3. The van der Waals surface area contributed by atoms with Crippen molar-refractivity contribution in [2.24, 2.45) is 0 Å². The largest absolute Gasteiger partial charge is 0.497 e. The lowest BCUT2D eigenvalue weighted by Gasteiger charge is -2.32. The van der Waals surface area contributed by atoms with Gasteiger partial charge in [0, 0.05) is 12.6 Å². The molecule has 2 amide bonds. The first-order valence-electron chi connectivity index (χ1n) is 11.8. The second-order valence-corrected chi connectivity index (χ2v) is 10.6. The average Bonchev–Trinajstić information content (AvgIpc) is 2.84. The Morgan fingerprint density at radius 2 is 1.69 bits per heavy atom. The van der Waals surface area contributed by atoms with Crippen LogP contribution in [0.1, 0.15) is 45.2 Å². The van der Waals surface area contributed by atoms with Crippen molar-refractivity contribution in [1.82, 2.24) is 10.2 Å². The third-order valence-electron chi connectivity index (χ3n) is 5.97. The predicted octanol–water partition coefficient (Wildman–Crippen LogP) is 3.36. The molecule has 9 heteroatoms. The molecule has 1 N–H and O–H groups in total. The van der Waals surface area contributed by atoms with Crippen molar-refractivity contribution in [3.05, 3.63) is 59.7 Å². The van der Waals surface area contributed by atoms with Crippen molar-refractivity contribution in [2.75, 3.05) is 24.2 Å². The molecular weight excluding hydrogens is 466 g/mol. The molecular formula is C26H37N3O5S. The molecule has 0 aromatic heterocycles. The normalized spacial score (nSPS) is 13.0. The molecule has 0 fully saturated rings. The summed E-state index contributed by atoms with van der Waals surface area (Å²) in [4.78, 5) is 27.9. The smallest absolute Gasteiger partial charge is 0.244 e. The molecule has 192 valence electrons. The van der Waals surface area contributed by atoms with E-state index in [-0.39, 0.29) is 18.5 Å². The van der Waals surface area contributed by atoms with Gasteiger partial charge in [0.1, 0.15) is 18.3 Å². The van der Waals surface area contributed by atoms with Gasteiger partial charge in [0.05, 0.1) is 19.1 Å². The van der Waals surface area contributed by atoms with Crippen LogP contribution in [0.3, 0.4) is 0 Å². The number of hydrogen-bond acceptors (Lipinski definition) is 5. The molecule has 0 bridgehead atoms. The van der Waals surface area contributed by atoms with Crippen LogP contribution in [-0.4, -0.2) is 57.1 Å². The van der Waals surface area contributed by atoms with E-state index in [1.807, 2.05) is 39.0 Å². The fraction of sp³-hybridized carbons (Fsp3) is 0.462. The monoisotopic (exact) mass is 503 g/mol. The van der Waals surface area contributed by atoms with Gasteiger partial charge in [-0.25, -0.2) is 8.42 Å². The summed E-state index contributed by atoms with van der Waals surface area (Å²) in [6.07, 6.45) is 2.63. The van der Waals surface area contributed by atoms with Gasteiger partial charge < -0.3 is 15.0 Å². The second kappa shape index (κ2) is 12.6. The molecule has 2 aromatic carbocycles.